The first-order chi connectivity index (χ1) is 11.2. The molecule has 3 aromatic rings. The zero-order valence-corrected chi connectivity index (χ0v) is 13.9. The fraction of sp³-hybridized carbons (Fsp3) is 0.176. The summed E-state index contributed by atoms with van der Waals surface area (Å²) in [5.74, 6) is -0.740. The molecule has 0 saturated heterocycles. The van der Waals surface area contributed by atoms with Gasteiger partial charge in [-0.05, 0) is 35.4 Å². The zero-order chi connectivity index (χ0) is 16.1. The second-order valence-corrected chi connectivity index (χ2v) is 7.02. The van der Waals surface area contributed by atoms with E-state index in [1.165, 1.54) is 16.2 Å². The molecule has 1 amide bonds. The minimum absolute atomic E-state index is 0.252. The Bertz CT molecular complexity index is 775. The number of carbonyl (C=O) groups excluding carboxylic acids is 2. The van der Waals surface area contributed by atoms with Gasteiger partial charge in [-0.3, -0.25) is 4.79 Å². The summed E-state index contributed by atoms with van der Waals surface area (Å²) in [6, 6.07) is 13.5. The van der Waals surface area contributed by atoms with Gasteiger partial charge in [-0.15, -0.1) is 22.7 Å². The van der Waals surface area contributed by atoms with E-state index < -0.39 is 5.97 Å². The van der Waals surface area contributed by atoms with Crippen LogP contribution in [0.1, 0.15) is 14.5 Å². The average molecular weight is 345 g/mol. The first-order valence-corrected chi connectivity index (χ1v) is 8.87. The number of benzene rings is 1. The molecule has 6 heteroatoms. The molecule has 0 unspecified atom stereocenters. The highest BCUT2D eigenvalue weighted by atomic mass is 32.1. The van der Waals surface area contributed by atoms with Crippen molar-refractivity contribution in [2.24, 2.45) is 0 Å². The van der Waals surface area contributed by atoms with Crippen LogP contribution >= 0.6 is 22.7 Å². The van der Waals surface area contributed by atoms with Crippen LogP contribution in [0.25, 0.3) is 10.1 Å². The van der Waals surface area contributed by atoms with Crippen molar-refractivity contribution in [2.75, 3.05) is 13.2 Å². The topological polar surface area (TPSA) is 55.4 Å². The summed E-state index contributed by atoms with van der Waals surface area (Å²) >= 11 is 3.03. The number of hydrogen-bond donors (Lipinski definition) is 1. The zero-order valence-electron chi connectivity index (χ0n) is 12.3. The Hall–Kier alpha value is -2.18. The van der Waals surface area contributed by atoms with Crippen molar-refractivity contribution >= 4 is 44.6 Å². The van der Waals surface area contributed by atoms with E-state index >= 15 is 0 Å². The van der Waals surface area contributed by atoms with Gasteiger partial charge in [0.1, 0.15) is 4.88 Å². The van der Waals surface area contributed by atoms with E-state index in [1.807, 2.05) is 41.8 Å². The number of hydrogen-bond acceptors (Lipinski definition) is 5. The summed E-state index contributed by atoms with van der Waals surface area (Å²) in [7, 11) is 0. The number of fused-ring (bicyclic) bond motifs is 1. The van der Waals surface area contributed by atoms with E-state index in [0.717, 1.165) is 16.5 Å². The predicted octanol–water partition coefficient (Wildman–Crippen LogP) is 3.48. The largest absolute Gasteiger partial charge is 0.451 e. The number of amides is 1. The summed E-state index contributed by atoms with van der Waals surface area (Å²) in [4.78, 5) is 25.4. The second-order valence-electron chi connectivity index (χ2n) is 4.90. The molecule has 0 aliphatic carbocycles. The van der Waals surface area contributed by atoms with Crippen LogP contribution in [0.2, 0.25) is 0 Å². The van der Waals surface area contributed by atoms with Gasteiger partial charge in [0, 0.05) is 16.1 Å². The van der Waals surface area contributed by atoms with Crippen molar-refractivity contribution in [2.45, 2.75) is 6.42 Å². The van der Waals surface area contributed by atoms with Gasteiger partial charge in [0.25, 0.3) is 5.91 Å². The summed E-state index contributed by atoms with van der Waals surface area (Å²) in [5, 5.41) is 5.76. The monoisotopic (exact) mass is 345 g/mol. The molecule has 118 valence electrons. The lowest BCUT2D eigenvalue weighted by molar-refractivity contribution is -0.124. The van der Waals surface area contributed by atoms with Crippen LogP contribution < -0.4 is 5.32 Å². The second kappa shape index (κ2) is 7.39. The van der Waals surface area contributed by atoms with E-state index in [9.17, 15) is 9.59 Å². The molecule has 23 heavy (non-hydrogen) atoms. The van der Waals surface area contributed by atoms with Gasteiger partial charge >= 0.3 is 5.97 Å². The van der Waals surface area contributed by atoms with Crippen molar-refractivity contribution in [1.82, 2.24) is 5.32 Å². The van der Waals surface area contributed by atoms with E-state index in [2.05, 4.69) is 5.32 Å². The van der Waals surface area contributed by atoms with Crippen LogP contribution in [0.3, 0.4) is 0 Å². The molecule has 0 aliphatic rings. The van der Waals surface area contributed by atoms with Crippen molar-refractivity contribution in [3.8, 4) is 0 Å². The van der Waals surface area contributed by atoms with E-state index in [1.54, 1.807) is 17.4 Å². The number of ether oxygens (including phenoxy) is 1. The van der Waals surface area contributed by atoms with E-state index in [0.29, 0.717) is 11.4 Å². The average Bonchev–Trinajstić information content (AvgIpc) is 3.21. The van der Waals surface area contributed by atoms with Gasteiger partial charge in [0.15, 0.2) is 6.61 Å². The summed E-state index contributed by atoms with van der Waals surface area (Å²) in [6.07, 6.45) is 0.785. The molecule has 0 aliphatic heterocycles. The third kappa shape index (κ3) is 4.18. The third-order valence-electron chi connectivity index (χ3n) is 3.23. The third-order valence-corrected chi connectivity index (χ3v) is 5.27. The number of esters is 1. The highest BCUT2D eigenvalue weighted by molar-refractivity contribution is 7.20. The molecule has 0 radical (unpaired) electrons. The van der Waals surface area contributed by atoms with Crippen molar-refractivity contribution in [1.29, 1.82) is 0 Å². The summed E-state index contributed by atoms with van der Waals surface area (Å²) in [5.41, 5.74) is 0. The standard InChI is InChI=1S/C17H15NO3S2/c19-16(18-8-7-13-5-3-9-22-13)11-21-17(20)15-10-12-4-1-2-6-14(12)23-15/h1-6,9-10H,7-8,11H2,(H,18,19). The molecule has 2 aromatic heterocycles. The molecular weight excluding hydrogens is 330 g/mol. The Labute approximate surface area is 141 Å². The van der Waals surface area contributed by atoms with Crippen molar-refractivity contribution in [3.05, 3.63) is 57.6 Å². The molecule has 0 saturated carbocycles. The van der Waals surface area contributed by atoms with E-state index in [4.69, 9.17) is 4.74 Å². The summed E-state index contributed by atoms with van der Waals surface area (Å²) < 4.78 is 6.10. The Morgan fingerprint density at radius 1 is 1.13 bits per heavy atom. The van der Waals surface area contributed by atoms with Crippen LogP contribution in [0.15, 0.2) is 47.8 Å². The quantitative estimate of drug-likeness (QED) is 0.696. The van der Waals surface area contributed by atoms with Crippen LogP contribution in [0.5, 0.6) is 0 Å². The van der Waals surface area contributed by atoms with Crippen LogP contribution in [0, 0.1) is 0 Å². The normalized spacial score (nSPS) is 10.6. The number of nitrogens with one attached hydrogen (secondary N) is 1. The highest BCUT2D eigenvalue weighted by Crippen LogP contribution is 2.25. The molecule has 0 atom stereocenters. The first kappa shape index (κ1) is 15.7. The number of thiophene rings is 2. The Kier molecular flexibility index (Phi) is 5.05. The lowest BCUT2D eigenvalue weighted by Crippen LogP contribution is -2.30. The molecule has 0 fully saturated rings. The van der Waals surface area contributed by atoms with Crippen molar-refractivity contribution < 1.29 is 14.3 Å². The Morgan fingerprint density at radius 2 is 2.00 bits per heavy atom. The Morgan fingerprint density at radius 3 is 2.78 bits per heavy atom. The SMILES string of the molecule is O=C(COC(=O)c1cc2ccccc2s1)NCCc1cccs1. The highest BCUT2D eigenvalue weighted by Gasteiger charge is 2.13. The number of carbonyl (C=O) groups is 2. The van der Waals surface area contributed by atoms with E-state index in [-0.39, 0.29) is 12.5 Å². The first-order valence-electron chi connectivity index (χ1n) is 7.17. The van der Waals surface area contributed by atoms with Crippen LogP contribution in [-0.4, -0.2) is 25.0 Å². The van der Waals surface area contributed by atoms with Gasteiger partial charge in [-0.1, -0.05) is 24.3 Å². The van der Waals surface area contributed by atoms with Gasteiger partial charge in [-0.25, -0.2) is 4.79 Å². The summed E-state index contributed by atoms with van der Waals surface area (Å²) in [6.45, 7) is 0.289. The molecule has 1 N–H and O–H groups in total. The maximum Gasteiger partial charge on any atom is 0.348 e. The lowest BCUT2D eigenvalue weighted by atomic mass is 10.2. The number of rotatable bonds is 6. The smallest absolute Gasteiger partial charge is 0.348 e. The van der Waals surface area contributed by atoms with Crippen LogP contribution in [0.4, 0.5) is 0 Å². The molecule has 0 spiro atoms. The molecular formula is C17H15NO3S2. The van der Waals surface area contributed by atoms with Gasteiger partial charge in [-0.2, -0.15) is 0 Å². The minimum Gasteiger partial charge on any atom is -0.451 e. The molecule has 3 rings (SSSR count). The maximum atomic E-state index is 12.0. The molecule has 0 bridgehead atoms. The maximum absolute atomic E-state index is 12.0. The van der Waals surface area contributed by atoms with Gasteiger partial charge < -0.3 is 10.1 Å². The molecule has 1 aromatic carbocycles. The van der Waals surface area contributed by atoms with Crippen molar-refractivity contribution in [3.63, 3.8) is 0 Å². The predicted molar refractivity (Wildman–Crippen MR) is 93.1 cm³/mol. The van der Waals surface area contributed by atoms with Gasteiger partial charge in [0.05, 0.1) is 0 Å². The lowest BCUT2D eigenvalue weighted by Gasteiger charge is -2.05. The van der Waals surface area contributed by atoms with Gasteiger partial charge in [0.2, 0.25) is 0 Å². The molecule has 2 heterocycles. The fourth-order valence-corrected chi connectivity index (χ4v) is 3.78. The Balaban J connectivity index is 1.45. The molecule has 4 nitrogen and oxygen atoms in total. The minimum atomic E-state index is -0.459. The fourth-order valence-electron chi connectivity index (χ4n) is 2.12. The van der Waals surface area contributed by atoms with Crippen LogP contribution in [-0.2, 0) is 16.0 Å².